The van der Waals surface area contributed by atoms with Gasteiger partial charge in [0, 0.05) is 10.5 Å². The number of benzene rings is 1. The molecular formula is C10H9BrN2. The van der Waals surface area contributed by atoms with Crippen molar-refractivity contribution in [3.8, 4) is 6.07 Å². The Bertz CT molecular complexity index is 366. The third-order valence-electron chi connectivity index (χ3n) is 1.69. The molecule has 13 heavy (non-hydrogen) atoms. The van der Waals surface area contributed by atoms with Gasteiger partial charge in [0.1, 0.15) is 0 Å². The molecule has 1 aromatic carbocycles. The smallest absolute Gasteiger partial charge is 0.0992 e. The summed E-state index contributed by atoms with van der Waals surface area (Å²) in [6, 6.07) is 7.24. The fraction of sp³-hybridized carbons (Fsp3) is 0.100. The number of nitrogens with zero attached hydrogens (tertiary/aromatic N) is 1. The van der Waals surface area contributed by atoms with Gasteiger partial charge in [-0.25, -0.2) is 0 Å². The molecule has 2 nitrogen and oxygen atoms in total. The van der Waals surface area contributed by atoms with Crippen molar-refractivity contribution in [3.05, 3.63) is 46.5 Å². The molecule has 0 aliphatic carbocycles. The second kappa shape index (κ2) is 4.22. The Kier molecular flexibility index (Phi) is 3.24. The summed E-state index contributed by atoms with van der Waals surface area (Å²) in [4.78, 5) is 0. The van der Waals surface area contributed by atoms with Crippen LogP contribution in [0.25, 0.3) is 0 Å². The van der Waals surface area contributed by atoms with E-state index in [9.17, 15) is 0 Å². The predicted octanol–water partition coefficient (Wildman–Crippen LogP) is 2.51. The molecular weight excluding hydrogens is 228 g/mol. The molecule has 3 heteroatoms. The van der Waals surface area contributed by atoms with Crippen molar-refractivity contribution in [2.24, 2.45) is 5.73 Å². The maximum absolute atomic E-state index is 8.70. The van der Waals surface area contributed by atoms with Crippen molar-refractivity contribution in [1.82, 2.24) is 0 Å². The summed E-state index contributed by atoms with van der Waals surface area (Å²) in [5.41, 5.74) is 7.23. The normalized spacial score (nSPS) is 11.8. The van der Waals surface area contributed by atoms with Gasteiger partial charge in [-0.15, -0.1) is 6.58 Å². The zero-order chi connectivity index (χ0) is 9.84. The summed E-state index contributed by atoms with van der Waals surface area (Å²) in [7, 11) is 0. The first kappa shape index (κ1) is 9.97. The summed E-state index contributed by atoms with van der Waals surface area (Å²) < 4.78 is 0.860. The van der Waals surface area contributed by atoms with Crippen LogP contribution < -0.4 is 5.73 Å². The van der Waals surface area contributed by atoms with Crippen molar-refractivity contribution < 1.29 is 0 Å². The quantitative estimate of drug-likeness (QED) is 0.803. The number of halogens is 1. The number of rotatable bonds is 2. The van der Waals surface area contributed by atoms with Gasteiger partial charge < -0.3 is 5.73 Å². The molecule has 1 aromatic rings. The molecule has 2 N–H and O–H groups in total. The summed E-state index contributed by atoms with van der Waals surface area (Å²) in [6.07, 6.45) is 1.64. The molecule has 0 aliphatic rings. The topological polar surface area (TPSA) is 49.8 Å². The number of hydrogen-bond acceptors (Lipinski definition) is 2. The van der Waals surface area contributed by atoms with Crippen LogP contribution in [0.4, 0.5) is 0 Å². The first-order valence-corrected chi connectivity index (χ1v) is 4.55. The van der Waals surface area contributed by atoms with Crippen LogP contribution >= 0.6 is 15.9 Å². The molecule has 0 spiro atoms. The van der Waals surface area contributed by atoms with Crippen LogP contribution in [0.3, 0.4) is 0 Å². The van der Waals surface area contributed by atoms with Crippen molar-refractivity contribution in [2.75, 3.05) is 0 Å². The monoisotopic (exact) mass is 236 g/mol. The standard InChI is InChI=1S/C10H9BrN2/c1-2-10(13)8-3-7(6-12)4-9(11)5-8/h2-5,10H,1,13H2/t10-/m1/s1. The second-order valence-electron chi connectivity index (χ2n) is 2.65. The third-order valence-corrected chi connectivity index (χ3v) is 2.15. The van der Waals surface area contributed by atoms with E-state index in [-0.39, 0.29) is 6.04 Å². The Labute approximate surface area is 85.8 Å². The van der Waals surface area contributed by atoms with Gasteiger partial charge in [0.15, 0.2) is 0 Å². The van der Waals surface area contributed by atoms with E-state index in [1.165, 1.54) is 0 Å². The van der Waals surface area contributed by atoms with Gasteiger partial charge in [0.2, 0.25) is 0 Å². The first-order valence-electron chi connectivity index (χ1n) is 3.76. The lowest BCUT2D eigenvalue weighted by molar-refractivity contribution is 0.912. The molecule has 0 heterocycles. The molecule has 0 saturated heterocycles. The number of hydrogen-bond donors (Lipinski definition) is 1. The lowest BCUT2D eigenvalue weighted by Crippen LogP contribution is -2.06. The lowest BCUT2D eigenvalue weighted by atomic mass is 10.1. The summed E-state index contributed by atoms with van der Waals surface area (Å²) in [6.45, 7) is 3.60. The van der Waals surface area contributed by atoms with Crippen LogP contribution in [0.2, 0.25) is 0 Å². The highest BCUT2D eigenvalue weighted by Gasteiger charge is 2.03. The van der Waals surface area contributed by atoms with Crippen LogP contribution in [-0.2, 0) is 0 Å². The van der Waals surface area contributed by atoms with Gasteiger partial charge in [-0.2, -0.15) is 5.26 Å². The zero-order valence-corrected chi connectivity index (χ0v) is 8.58. The Balaban J connectivity index is 3.17. The minimum atomic E-state index is -0.218. The van der Waals surface area contributed by atoms with Gasteiger partial charge >= 0.3 is 0 Å². The first-order chi connectivity index (χ1) is 6.17. The minimum absolute atomic E-state index is 0.218. The Morgan fingerprint density at radius 2 is 2.23 bits per heavy atom. The average Bonchev–Trinajstić information content (AvgIpc) is 2.15. The molecule has 0 saturated carbocycles. The Hall–Kier alpha value is -1.11. The number of nitriles is 1. The highest BCUT2D eigenvalue weighted by molar-refractivity contribution is 9.10. The van der Waals surface area contributed by atoms with E-state index < -0.39 is 0 Å². The molecule has 0 radical (unpaired) electrons. The minimum Gasteiger partial charge on any atom is -0.321 e. The molecule has 66 valence electrons. The largest absolute Gasteiger partial charge is 0.321 e. The maximum Gasteiger partial charge on any atom is 0.0992 e. The average molecular weight is 237 g/mol. The van der Waals surface area contributed by atoms with E-state index in [4.69, 9.17) is 11.0 Å². The molecule has 0 fully saturated rings. The van der Waals surface area contributed by atoms with E-state index >= 15 is 0 Å². The highest BCUT2D eigenvalue weighted by Crippen LogP contribution is 2.19. The van der Waals surface area contributed by atoms with E-state index in [0.29, 0.717) is 5.56 Å². The van der Waals surface area contributed by atoms with Gasteiger partial charge in [0.05, 0.1) is 11.6 Å². The highest BCUT2D eigenvalue weighted by atomic mass is 79.9. The third kappa shape index (κ3) is 2.41. The van der Waals surface area contributed by atoms with Crippen LogP contribution in [0.5, 0.6) is 0 Å². The fourth-order valence-electron chi connectivity index (χ4n) is 1.01. The van der Waals surface area contributed by atoms with Gasteiger partial charge in [-0.3, -0.25) is 0 Å². The van der Waals surface area contributed by atoms with E-state index in [0.717, 1.165) is 10.0 Å². The Morgan fingerprint density at radius 3 is 2.77 bits per heavy atom. The summed E-state index contributed by atoms with van der Waals surface area (Å²) >= 11 is 3.31. The van der Waals surface area contributed by atoms with Crippen LogP contribution in [0, 0.1) is 11.3 Å². The molecule has 0 unspecified atom stereocenters. The molecule has 0 aliphatic heterocycles. The van der Waals surface area contributed by atoms with Crippen molar-refractivity contribution >= 4 is 15.9 Å². The summed E-state index contributed by atoms with van der Waals surface area (Å²) in [5, 5.41) is 8.70. The van der Waals surface area contributed by atoms with E-state index in [2.05, 4.69) is 28.6 Å². The maximum atomic E-state index is 8.70. The molecule has 0 amide bonds. The summed E-state index contributed by atoms with van der Waals surface area (Å²) in [5.74, 6) is 0. The van der Waals surface area contributed by atoms with Crippen molar-refractivity contribution in [2.45, 2.75) is 6.04 Å². The molecule has 0 aromatic heterocycles. The van der Waals surface area contributed by atoms with Crippen molar-refractivity contribution in [3.63, 3.8) is 0 Å². The predicted molar refractivity (Wildman–Crippen MR) is 56.0 cm³/mol. The van der Waals surface area contributed by atoms with E-state index in [1.807, 2.05) is 6.07 Å². The van der Waals surface area contributed by atoms with Crippen molar-refractivity contribution in [1.29, 1.82) is 5.26 Å². The van der Waals surface area contributed by atoms with Crippen LogP contribution in [0.15, 0.2) is 35.3 Å². The second-order valence-corrected chi connectivity index (χ2v) is 3.56. The SMILES string of the molecule is C=C[C@@H](N)c1cc(Br)cc(C#N)c1. The lowest BCUT2D eigenvalue weighted by Gasteiger charge is -2.07. The van der Waals surface area contributed by atoms with Gasteiger partial charge in [-0.05, 0) is 23.8 Å². The van der Waals surface area contributed by atoms with Crippen LogP contribution in [-0.4, -0.2) is 0 Å². The van der Waals surface area contributed by atoms with Crippen LogP contribution in [0.1, 0.15) is 17.2 Å². The molecule has 0 bridgehead atoms. The van der Waals surface area contributed by atoms with Gasteiger partial charge in [0.25, 0.3) is 0 Å². The van der Waals surface area contributed by atoms with Gasteiger partial charge in [-0.1, -0.05) is 22.0 Å². The Morgan fingerprint density at radius 1 is 1.54 bits per heavy atom. The molecule has 1 rings (SSSR count). The fourth-order valence-corrected chi connectivity index (χ4v) is 1.52. The zero-order valence-electron chi connectivity index (χ0n) is 7.00. The molecule has 1 atom stereocenters. The van der Waals surface area contributed by atoms with E-state index in [1.54, 1.807) is 18.2 Å². The number of nitrogens with two attached hydrogens (primary N) is 1.